The topological polar surface area (TPSA) is 80.8 Å². The van der Waals surface area contributed by atoms with Crippen molar-refractivity contribution in [3.05, 3.63) is 21.9 Å². The Kier molecular flexibility index (Phi) is 4.14. The van der Waals surface area contributed by atoms with Gasteiger partial charge in [-0.05, 0) is 18.6 Å². The van der Waals surface area contributed by atoms with Crippen LogP contribution in [0, 0.1) is 0 Å². The molecule has 2 heterocycles. The second-order valence-electron chi connectivity index (χ2n) is 4.63. The number of amides is 1. The van der Waals surface area contributed by atoms with Crippen molar-refractivity contribution in [3.63, 3.8) is 0 Å². The summed E-state index contributed by atoms with van der Waals surface area (Å²) in [5.74, 6) is -0.634. The van der Waals surface area contributed by atoms with Crippen LogP contribution in [-0.4, -0.2) is 56.9 Å². The second kappa shape index (κ2) is 5.53. The number of carbonyl (C=O) groups excluding carboxylic acids is 2. The van der Waals surface area contributed by atoms with Gasteiger partial charge in [-0.25, -0.2) is 13.2 Å². The number of hydrogen-bond acceptors (Lipinski definition) is 6. The Labute approximate surface area is 121 Å². The molecule has 1 aliphatic heterocycles. The van der Waals surface area contributed by atoms with Gasteiger partial charge < -0.3 is 9.64 Å². The molecule has 110 valence electrons. The fourth-order valence-electron chi connectivity index (χ4n) is 2.08. The Morgan fingerprint density at radius 1 is 1.35 bits per heavy atom. The summed E-state index contributed by atoms with van der Waals surface area (Å²) in [6.45, 7) is 0. The first kappa shape index (κ1) is 15.0. The maximum absolute atomic E-state index is 12.3. The van der Waals surface area contributed by atoms with Crippen LogP contribution in [0.2, 0.25) is 0 Å². The van der Waals surface area contributed by atoms with E-state index in [-0.39, 0.29) is 23.5 Å². The molecule has 0 aliphatic carbocycles. The van der Waals surface area contributed by atoms with Crippen molar-refractivity contribution in [1.29, 1.82) is 0 Å². The van der Waals surface area contributed by atoms with Gasteiger partial charge in [0.25, 0.3) is 5.91 Å². The number of hydrogen-bond donors (Lipinski definition) is 0. The molecule has 0 bridgehead atoms. The van der Waals surface area contributed by atoms with Gasteiger partial charge in [0, 0.05) is 13.1 Å². The van der Waals surface area contributed by atoms with Crippen molar-refractivity contribution in [2.45, 2.75) is 12.5 Å². The normalized spacial score (nSPS) is 20.6. The molecule has 6 nitrogen and oxygen atoms in total. The molecule has 20 heavy (non-hydrogen) atoms. The molecule has 0 saturated carbocycles. The summed E-state index contributed by atoms with van der Waals surface area (Å²) in [6.07, 6.45) is 0.458. The SMILES string of the molecule is COC(=O)c1ccc(C(=O)N(C)[C@H]2CCS(=O)(=O)C2)s1. The molecule has 0 N–H and O–H groups in total. The molecule has 1 aromatic rings. The summed E-state index contributed by atoms with van der Waals surface area (Å²) in [5, 5.41) is 0. The zero-order valence-corrected chi connectivity index (χ0v) is 12.8. The summed E-state index contributed by atoms with van der Waals surface area (Å²) in [4.78, 5) is 25.8. The van der Waals surface area contributed by atoms with Crippen LogP contribution < -0.4 is 0 Å². The Bertz CT molecular complexity index is 634. The molecule has 0 aromatic carbocycles. The average molecular weight is 317 g/mol. The molecule has 1 saturated heterocycles. The first-order valence-corrected chi connectivity index (χ1v) is 8.63. The molecule has 0 spiro atoms. The van der Waals surface area contributed by atoms with Crippen LogP contribution in [0.25, 0.3) is 0 Å². The quantitative estimate of drug-likeness (QED) is 0.770. The van der Waals surface area contributed by atoms with E-state index in [4.69, 9.17) is 0 Å². The standard InChI is InChI=1S/C12H15NO5S2/c1-13(8-5-6-20(16,17)7-8)11(14)9-3-4-10(19-9)12(15)18-2/h3-4,8H,5-7H2,1-2H3/t8-/m0/s1. The molecule has 1 amide bonds. The van der Waals surface area contributed by atoms with E-state index in [1.165, 1.54) is 18.1 Å². The molecule has 1 atom stereocenters. The highest BCUT2D eigenvalue weighted by Crippen LogP contribution is 2.22. The highest BCUT2D eigenvalue weighted by Gasteiger charge is 2.33. The van der Waals surface area contributed by atoms with E-state index in [1.807, 2.05) is 0 Å². The van der Waals surface area contributed by atoms with Gasteiger partial charge in [0.15, 0.2) is 9.84 Å². The lowest BCUT2D eigenvalue weighted by atomic mass is 10.2. The van der Waals surface area contributed by atoms with E-state index < -0.39 is 15.8 Å². The van der Waals surface area contributed by atoms with Crippen LogP contribution in [0.15, 0.2) is 12.1 Å². The monoisotopic (exact) mass is 317 g/mol. The molecule has 1 aliphatic rings. The van der Waals surface area contributed by atoms with Crippen molar-refractivity contribution in [2.75, 3.05) is 25.7 Å². The molecule has 2 rings (SSSR count). The predicted molar refractivity (Wildman–Crippen MR) is 74.8 cm³/mol. The summed E-state index contributed by atoms with van der Waals surface area (Å²) in [7, 11) is -0.167. The number of rotatable bonds is 3. The number of carbonyl (C=O) groups is 2. The van der Waals surface area contributed by atoms with Crippen LogP contribution in [0.1, 0.15) is 25.8 Å². The van der Waals surface area contributed by atoms with E-state index in [0.29, 0.717) is 16.2 Å². The van der Waals surface area contributed by atoms with Gasteiger partial charge in [-0.2, -0.15) is 0 Å². The first-order valence-electron chi connectivity index (χ1n) is 6.00. The Balaban J connectivity index is 2.11. The molecule has 8 heteroatoms. The van der Waals surface area contributed by atoms with Crippen molar-refractivity contribution >= 4 is 33.1 Å². The van der Waals surface area contributed by atoms with Gasteiger partial charge in [0.05, 0.1) is 23.5 Å². The zero-order chi connectivity index (χ0) is 14.9. The third-order valence-electron chi connectivity index (χ3n) is 3.28. The van der Waals surface area contributed by atoms with Gasteiger partial charge in [0.2, 0.25) is 0 Å². The molecule has 0 unspecified atom stereocenters. The van der Waals surface area contributed by atoms with Crippen molar-refractivity contribution in [1.82, 2.24) is 4.90 Å². The number of thiophene rings is 1. The fraction of sp³-hybridized carbons (Fsp3) is 0.500. The van der Waals surface area contributed by atoms with E-state index in [9.17, 15) is 18.0 Å². The average Bonchev–Trinajstić information content (AvgIpc) is 3.02. The minimum absolute atomic E-state index is 0.00444. The van der Waals surface area contributed by atoms with E-state index in [0.717, 1.165) is 11.3 Å². The maximum atomic E-state index is 12.3. The highest BCUT2D eigenvalue weighted by molar-refractivity contribution is 7.91. The van der Waals surface area contributed by atoms with Crippen molar-refractivity contribution in [3.8, 4) is 0 Å². The van der Waals surface area contributed by atoms with Gasteiger partial charge >= 0.3 is 5.97 Å². The lowest BCUT2D eigenvalue weighted by molar-refractivity contribution is 0.0606. The van der Waals surface area contributed by atoms with Gasteiger partial charge in [0.1, 0.15) is 4.88 Å². The lowest BCUT2D eigenvalue weighted by Crippen LogP contribution is -2.37. The smallest absolute Gasteiger partial charge is 0.348 e. The van der Waals surface area contributed by atoms with E-state index >= 15 is 0 Å². The largest absolute Gasteiger partial charge is 0.465 e. The van der Waals surface area contributed by atoms with Crippen LogP contribution in [0.3, 0.4) is 0 Å². The summed E-state index contributed by atoms with van der Waals surface area (Å²) < 4.78 is 27.5. The van der Waals surface area contributed by atoms with Gasteiger partial charge in [-0.15, -0.1) is 11.3 Å². The van der Waals surface area contributed by atoms with Crippen LogP contribution in [0.5, 0.6) is 0 Å². The third-order valence-corrected chi connectivity index (χ3v) is 6.08. The minimum Gasteiger partial charge on any atom is -0.465 e. The Morgan fingerprint density at radius 2 is 2.00 bits per heavy atom. The first-order chi connectivity index (χ1) is 9.34. The minimum atomic E-state index is -3.03. The van der Waals surface area contributed by atoms with Crippen molar-refractivity contribution < 1.29 is 22.7 Å². The summed E-state index contributed by atoms with van der Waals surface area (Å²) in [6, 6.07) is 2.79. The predicted octanol–water partition coefficient (Wildman–Crippen LogP) is 0.794. The zero-order valence-electron chi connectivity index (χ0n) is 11.2. The molecule has 1 aromatic heterocycles. The number of ether oxygens (including phenoxy) is 1. The molecule has 0 radical (unpaired) electrons. The van der Waals surface area contributed by atoms with Crippen LogP contribution >= 0.6 is 11.3 Å². The van der Waals surface area contributed by atoms with Gasteiger partial charge in [-0.3, -0.25) is 4.79 Å². The number of esters is 1. The molecule has 1 fully saturated rings. The highest BCUT2D eigenvalue weighted by atomic mass is 32.2. The van der Waals surface area contributed by atoms with Crippen molar-refractivity contribution in [2.24, 2.45) is 0 Å². The maximum Gasteiger partial charge on any atom is 0.348 e. The third kappa shape index (κ3) is 3.01. The summed E-state index contributed by atoms with van der Waals surface area (Å²) >= 11 is 1.05. The van der Waals surface area contributed by atoms with Crippen LogP contribution in [0.4, 0.5) is 0 Å². The number of nitrogens with zero attached hydrogens (tertiary/aromatic N) is 1. The molecular weight excluding hydrogens is 302 g/mol. The molecular formula is C12H15NO5S2. The lowest BCUT2D eigenvalue weighted by Gasteiger charge is -2.22. The van der Waals surface area contributed by atoms with E-state index in [2.05, 4.69) is 4.74 Å². The van der Waals surface area contributed by atoms with Gasteiger partial charge in [-0.1, -0.05) is 0 Å². The van der Waals surface area contributed by atoms with E-state index in [1.54, 1.807) is 13.1 Å². The number of methoxy groups -OCH3 is 1. The second-order valence-corrected chi connectivity index (χ2v) is 7.94. The number of sulfone groups is 1. The summed E-state index contributed by atoms with van der Waals surface area (Å²) in [5.41, 5.74) is 0. The Hall–Kier alpha value is -1.41. The Morgan fingerprint density at radius 3 is 2.55 bits per heavy atom. The fourth-order valence-corrected chi connectivity index (χ4v) is 4.77. The van der Waals surface area contributed by atoms with Crippen LogP contribution in [-0.2, 0) is 14.6 Å².